The SMILES string of the molecule is CCNC(=O)[C@]1(Cc2cccc(-c3ccncc3)c2)CCCN(C(=O)Cn2cc(C)nn2)C1. The van der Waals surface area contributed by atoms with Crippen molar-refractivity contribution in [3.63, 3.8) is 0 Å². The Morgan fingerprint density at radius 1 is 1.15 bits per heavy atom. The first-order valence-electron chi connectivity index (χ1n) is 11.4. The van der Waals surface area contributed by atoms with Gasteiger partial charge in [0.15, 0.2) is 0 Å². The summed E-state index contributed by atoms with van der Waals surface area (Å²) in [5.41, 5.74) is 3.36. The van der Waals surface area contributed by atoms with Crippen LogP contribution in [0.5, 0.6) is 0 Å². The van der Waals surface area contributed by atoms with Gasteiger partial charge in [0.25, 0.3) is 0 Å². The average molecular weight is 447 g/mol. The highest BCUT2D eigenvalue weighted by Gasteiger charge is 2.43. The Kier molecular flexibility index (Phi) is 6.82. The maximum Gasteiger partial charge on any atom is 0.244 e. The summed E-state index contributed by atoms with van der Waals surface area (Å²) in [4.78, 5) is 32.3. The van der Waals surface area contributed by atoms with Crippen LogP contribution in [0.3, 0.4) is 0 Å². The number of carbonyl (C=O) groups excluding carboxylic acids is 2. The van der Waals surface area contributed by atoms with E-state index < -0.39 is 5.41 Å². The molecule has 1 aromatic carbocycles. The molecule has 0 radical (unpaired) electrons. The summed E-state index contributed by atoms with van der Waals surface area (Å²) in [5.74, 6) is -0.0350. The molecular formula is C25H30N6O2. The predicted octanol–water partition coefficient (Wildman–Crippen LogP) is 2.64. The molecule has 1 aliphatic rings. The lowest BCUT2D eigenvalue weighted by molar-refractivity contribution is -0.142. The first-order valence-corrected chi connectivity index (χ1v) is 11.4. The van der Waals surface area contributed by atoms with E-state index in [1.165, 1.54) is 0 Å². The molecule has 0 unspecified atom stereocenters. The number of aromatic nitrogens is 4. The van der Waals surface area contributed by atoms with Crippen molar-refractivity contribution in [2.45, 2.75) is 39.7 Å². The molecule has 0 aliphatic carbocycles. The van der Waals surface area contributed by atoms with Crippen molar-refractivity contribution in [1.82, 2.24) is 30.2 Å². The largest absolute Gasteiger partial charge is 0.356 e. The Morgan fingerprint density at radius 2 is 1.97 bits per heavy atom. The van der Waals surface area contributed by atoms with E-state index in [2.05, 4.69) is 38.8 Å². The summed E-state index contributed by atoms with van der Waals surface area (Å²) in [5, 5.41) is 11.0. The zero-order valence-corrected chi connectivity index (χ0v) is 19.2. The highest BCUT2D eigenvalue weighted by Crippen LogP contribution is 2.35. The van der Waals surface area contributed by atoms with Crippen LogP contribution in [0.1, 0.15) is 31.0 Å². The van der Waals surface area contributed by atoms with E-state index in [1.54, 1.807) is 23.3 Å². The molecular weight excluding hydrogens is 416 g/mol. The second-order valence-corrected chi connectivity index (χ2v) is 8.73. The Morgan fingerprint density at radius 3 is 2.70 bits per heavy atom. The fraction of sp³-hybridized carbons (Fsp3) is 0.400. The molecule has 1 atom stereocenters. The van der Waals surface area contributed by atoms with Gasteiger partial charge in [0.2, 0.25) is 11.8 Å². The van der Waals surface area contributed by atoms with Gasteiger partial charge in [-0.25, -0.2) is 4.68 Å². The summed E-state index contributed by atoms with van der Waals surface area (Å²) in [7, 11) is 0. The lowest BCUT2D eigenvalue weighted by Gasteiger charge is -2.42. The van der Waals surface area contributed by atoms with Gasteiger partial charge < -0.3 is 10.2 Å². The maximum atomic E-state index is 13.3. The number of hydrogen-bond acceptors (Lipinski definition) is 5. The predicted molar refractivity (Wildman–Crippen MR) is 125 cm³/mol. The molecule has 0 saturated carbocycles. The minimum atomic E-state index is -0.668. The molecule has 2 aromatic heterocycles. The van der Waals surface area contributed by atoms with Crippen molar-refractivity contribution < 1.29 is 9.59 Å². The van der Waals surface area contributed by atoms with Gasteiger partial charge in [-0.2, -0.15) is 0 Å². The number of benzene rings is 1. The minimum absolute atomic E-state index is 0.00779. The van der Waals surface area contributed by atoms with Gasteiger partial charge in [-0.05, 0) is 61.9 Å². The van der Waals surface area contributed by atoms with E-state index in [-0.39, 0.29) is 18.4 Å². The summed E-state index contributed by atoms with van der Waals surface area (Å²) in [6.07, 6.45) is 7.40. The summed E-state index contributed by atoms with van der Waals surface area (Å²) in [6, 6.07) is 12.2. The molecule has 4 rings (SSSR count). The Labute approximate surface area is 194 Å². The molecule has 1 aliphatic heterocycles. The minimum Gasteiger partial charge on any atom is -0.356 e. The number of amides is 2. The van der Waals surface area contributed by atoms with Gasteiger partial charge in [0.05, 0.1) is 11.1 Å². The lowest BCUT2D eigenvalue weighted by atomic mass is 9.74. The van der Waals surface area contributed by atoms with Gasteiger partial charge in [-0.15, -0.1) is 5.10 Å². The molecule has 1 saturated heterocycles. The number of piperidine rings is 1. The van der Waals surface area contributed by atoms with E-state index in [1.807, 2.05) is 36.9 Å². The zero-order valence-electron chi connectivity index (χ0n) is 19.2. The van der Waals surface area contributed by atoms with Gasteiger partial charge in [-0.3, -0.25) is 14.6 Å². The Bertz CT molecular complexity index is 1110. The lowest BCUT2D eigenvalue weighted by Crippen LogP contribution is -2.55. The van der Waals surface area contributed by atoms with Crippen LogP contribution in [0.4, 0.5) is 0 Å². The summed E-state index contributed by atoms with van der Waals surface area (Å²) < 4.78 is 1.55. The molecule has 3 heterocycles. The van der Waals surface area contributed by atoms with Crippen LogP contribution in [0, 0.1) is 12.3 Å². The van der Waals surface area contributed by atoms with Crippen LogP contribution in [0.25, 0.3) is 11.1 Å². The standard InChI is InChI=1S/C25H30N6O2/c1-3-27-24(33)25(15-20-6-4-7-22(14-20)21-8-11-26-12-9-21)10-5-13-30(18-25)23(32)17-31-16-19(2)28-29-31/h4,6-9,11-12,14,16H,3,5,10,13,15,17-18H2,1-2H3,(H,27,33)/t25-/m0/s1. The number of nitrogens with zero attached hydrogens (tertiary/aromatic N) is 5. The fourth-order valence-corrected chi connectivity index (χ4v) is 4.61. The van der Waals surface area contributed by atoms with E-state index >= 15 is 0 Å². The third-order valence-electron chi connectivity index (χ3n) is 6.18. The number of pyridine rings is 1. The third-order valence-corrected chi connectivity index (χ3v) is 6.18. The normalized spacial score (nSPS) is 18.2. The quantitative estimate of drug-likeness (QED) is 0.602. The molecule has 0 spiro atoms. The van der Waals surface area contributed by atoms with Crippen LogP contribution in [-0.4, -0.2) is 56.3 Å². The smallest absolute Gasteiger partial charge is 0.244 e. The highest BCUT2D eigenvalue weighted by atomic mass is 16.2. The van der Waals surface area contributed by atoms with Crippen molar-refractivity contribution in [3.8, 4) is 11.1 Å². The molecule has 172 valence electrons. The zero-order chi connectivity index (χ0) is 23.3. The van der Waals surface area contributed by atoms with Crippen LogP contribution >= 0.6 is 0 Å². The average Bonchev–Trinajstić information content (AvgIpc) is 3.24. The number of rotatable bonds is 7. The molecule has 8 nitrogen and oxygen atoms in total. The number of hydrogen-bond donors (Lipinski definition) is 1. The highest BCUT2D eigenvalue weighted by molar-refractivity contribution is 5.85. The summed E-state index contributed by atoms with van der Waals surface area (Å²) >= 11 is 0. The molecule has 1 fully saturated rings. The monoisotopic (exact) mass is 446 g/mol. The number of likely N-dealkylation sites (tertiary alicyclic amines) is 1. The van der Waals surface area contributed by atoms with Crippen LogP contribution in [0.15, 0.2) is 55.0 Å². The van der Waals surface area contributed by atoms with Gasteiger partial charge in [0.1, 0.15) is 6.54 Å². The number of nitrogens with one attached hydrogen (secondary N) is 1. The molecule has 33 heavy (non-hydrogen) atoms. The third kappa shape index (κ3) is 5.27. The first kappa shape index (κ1) is 22.6. The van der Waals surface area contributed by atoms with Crippen molar-refractivity contribution in [2.75, 3.05) is 19.6 Å². The Hall–Kier alpha value is -3.55. The van der Waals surface area contributed by atoms with Crippen molar-refractivity contribution >= 4 is 11.8 Å². The van der Waals surface area contributed by atoms with Crippen molar-refractivity contribution in [3.05, 3.63) is 66.2 Å². The second-order valence-electron chi connectivity index (χ2n) is 8.73. The van der Waals surface area contributed by atoms with E-state index in [0.717, 1.165) is 35.2 Å². The van der Waals surface area contributed by atoms with Crippen LogP contribution in [0.2, 0.25) is 0 Å². The second kappa shape index (κ2) is 9.94. The molecule has 3 aromatic rings. The van der Waals surface area contributed by atoms with Crippen LogP contribution < -0.4 is 5.32 Å². The number of carbonyl (C=O) groups is 2. The fourth-order valence-electron chi connectivity index (χ4n) is 4.61. The topological polar surface area (TPSA) is 93.0 Å². The summed E-state index contributed by atoms with van der Waals surface area (Å²) in [6.45, 7) is 5.49. The van der Waals surface area contributed by atoms with Gasteiger partial charge in [0, 0.05) is 38.2 Å². The molecule has 8 heteroatoms. The van der Waals surface area contributed by atoms with E-state index in [9.17, 15) is 9.59 Å². The molecule has 2 amide bonds. The van der Waals surface area contributed by atoms with Gasteiger partial charge in [-0.1, -0.05) is 29.5 Å². The van der Waals surface area contributed by atoms with Crippen LogP contribution in [-0.2, 0) is 22.6 Å². The van der Waals surface area contributed by atoms with E-state index in [4.69, 9.17) is 0 Å². The maximum absolute atomic E-state index is 13.3. The Balaban J connectivity index is 1.57. The first-order chi connectivity index (χ1) is 16.0. The van der Waals surface area contributed by atoms with E-state index in [0.29, 0.717) is 26.1 Å². The molecule has 1 N–H and O–H groups in total. The van der Waals surface area contributed by atoms with Crippen molar-refractivity contribution in [1.29, 1.82) is 0 Å². The molecule has 0 bridgehead atoms. The van der Waals surface area contributed by atoms with Gasteiger partial charge >= 0.3 is 0 Å². The number of aryl methyl sites for hydroxylation is 1. The van der Waals surface area contributed by atoms with Crippen molar-refractivity contribution in [2.24, 2.45) is 5.41 Å².